The Morgan fingerprint density at radius 2 is 1.69 bits per heavy atom. The monoisotopic (exact) mass is 856 g/mol. The molecule has 59 heavy (non-hydrogen) atoms. The second kappa shape index (κ2) is 15.8. The lowest BCUT2D eigenvalue weighted by molar-refractivity contribution is -0.143. The van der Waals surface area contributed by atoms with Gasteiger partial charge in [0.25, 0.3) is 5.91 Å². The second-order valence-electron chi connectivity index (χ2n) is 17.1. The number of alkyl halides is 4. The van der Waals surface area contributed by atoms with Crippen LogP contribution >= 0.6 is 0 Å². The highest BCUT2D eigenvalue weighted by atomic mass is 32.2. The van der Waals surface area contributed by atoms with Crippen molar-refractivity contribution in [3.05, 3.63) is 42.1 Å². The molecule has 7 atom stereocenters. The SMILES string of the molecule is CC(C)(C)[C@@H]1NC(=O)O[C@@H]2CCC[C@H]2OC/C=C\C(F)(F)c2nc3ccccc3nc2O[C@@H]2C[C@@H](C(=O)N[C@]3(C(=O)NS(=O)(=O)C4(C)CC4)C[C@H]3C(F)F)N(C2)C1=O.O. The van der Waals surface area contributed by atoms with Crippen molar-refractivity contribution in [3.8, 4) is 5.88 Å². The van der Waals surface area contributed by atoms with Crippen LogP contribution in [0.4, 0.5) is 22.4 Å². The predicted octanol–water partition coefficient (Wildman–Crippen LogP) is 3.03. The Balaban J connectivity index is 0.00000585. The molecule has 0 unspecified atom stereocenters. The van der Waals surface area contributed by atoms with Crippen molar-refractivity contribution in [3.63, 3.8) is 0 Å². The summed E-state index contributed by atoms with van der Waals surface area (Å²) in [5, 5.41) is 4.94. The van der Waals surface area contributed by atoms with E-state index in [0.717, 1.165) is 11.0 Å². The van der Waals surface area contributed by atoms with E-state index < -0.39 is 129 Å². The van der Waals surface area contributed by atoms with Crippen LogP contribution in [0.3, 0.4) is 0 Å². The van der Waals surface area contributed by atoms with Crippen LogP contribution in [0, 0.1) is 11.3 Å². The van der Waals surface area contributed by atoms with E-state index in [4.69, 9.17) is 14.2 Å². The van der Waals surface area contributed by atoms with Gasteiger partial charge in [-0.05, 0) is 69.1 Å². The zero-order valence-corrected chi connectivity index (χ0v) is 33.6. The number of carbonyl (C=O) groups excluding carboxylic acids is 4. The van der Waals surface area contributed by atoms with Crippen LogP contribution in [-0.2, 0) is 39.8 Å². The number of nitrogens with zero attached hydrogens (tertiary/aromatic N) is 3. The average molecular weight is 857 g/mol. The van der Waals surface area contributed by atoms with E-state index in [-0.39, 0.29) is 36.0 Å². The molecule has 0 spiro atoms. The summed E-state index contributed by atoms with van der Waals surface area (Å²) in [4.78, 5) is 65.3. The lowest BCUT2D eigenvalue weighted by Gasteiger charge is -2.35. The summed E-state index contributed by atoms with van der Waals surface area (Å²) in [5.74, 6) is -9.43. The molecule has 16 nitrogen and oxygen atoms in total. The number of sulfonamides is 1. The third-order valence-electron chi connectivity index (χ3n) is 11.6. The van der Waals surface area contributed by atoms with Crippen LogP contribution in [0.2, 0.25) is 0 Å². The Hall–Kier alpha value is -4.63. The predicted molar refractivity (Wildman–Crippen MR) is 201 cm³/mol. The number of allylic oxidation sites excluding steroid dienone is 1. The molecule has 2 aromatic rings. The number of para-hydroxylation sites is 2. The zero-order valence-electron chi connectivity index (χ0n) is 32.8. The van der Waals surface area contributed by atoms with Crippen molar-refractivity contribution in [2.75, 3.05) is 13.2 Å². The van der Waals surface area contributed by atoms with Crippen LogP contribution in [0.25, 0.3) is 11.0 Å². The highest BCUT2D eigenvalue weighted by molar-refractivity contribution is 7.91. The number of ether oxygens (including phenoxy) is 3. The van der Waals surface area contributed by atoms with Crippen LogP contribution < -0.4 is 20.1 Å². The van der Waals surface area contributed by atoms with Crippen molar-refractivity contribution in [1.29, 1.82) is 0 Å². The summed E-state index contributed by atoms with van der Waals surface area (Å²) in [7, 11) is -4.30. The molecule has 1 saturated heterocycles. The number of alkyl carbamates (subject to hydrolysis) is 1. The summed E-state index contributed by atoms with van der Waals surface area (Å²) < 4.78 is 105. The van der Waals surface area contributed by atoms with Crippen molar-refractivity contribution in [1.82, 2.24) is 30.2 Å². The highest BCUT2D eigenvalue weighted by Crippen LogP contribution is 2.49. The number of amides is 4. The Bertz CT molecular complexity index is 2130. The van der Waals surface area contributed by atoms with E-state index in [2.05, 4.69) is 20.6 Å². The summed E-state index contributed by atoms with van der Waals surface area (Å²) in [5.41, 5.74) is -3.91. The minimum atomic E-state index is -4.30. The van der Waals surface area contributed by atoms with E-state index >= 15 is 8.78 Å². The third-order valence-corrected chi connectivity index (χ3v) is 13.8. The van der Waals surface area contributed by atoms with E-state index in [0.29, 0.717) is 25.3 Å². The van der Waals surface area contributed by atoms with Gasteiger partial charge in [-0.2, -0.15) is 8.78 Å². The number of aromatic nitrogens is 2. The number of benzene rings is 1. The van der Waals surface area contributed by atoms with Crippen LogP contribution in [0.1, 0.15) is 78.3 Å². The number of halogens is 4. The van der Waals surface area contributed by atoms with E-state index in [1.54, 1.807) is 32.9 Å². The molecule has 1 aromatic carbocycles. The zero-order chi connectivity index (χ0) is 42.0. The topological polar surface area (TPSA) is 227 Å². The first-order valence-electron chi connectivity index (χ1n) is 19.2. The molecule has 3 aliphatic carbocycles. The highest BCUT2D eigenvalue weighted by Gasteiger charge is 2.67. The Kier molecular flexibility index (Phi) is 11.7. The number of nitrogens with one attached hydrogen (secondary N) is 3. The van der Waals surface area contributed by atoms with Gasteiger partial charge < -0.3 is 35.2 Å². The normalized spacial score (nSPS) is 30.9. The maximum atomic E-state index is 16.1. The molecule has 3 heterocycles. The van der Waals surface area contributed by atoms with Crippen molar-refractivity contribution >= 4 is 44.9 Å². The fourth-order valence-electron chi connectivity index (χ4n) is 7.73. The number of carbonyl (C=O) groups is 4. The molecule has 324 valence electrons. The van der Waals surface area contributed by atoms with Gasteiger partial charge in [0.15, 0.2) is 5.69 Å². The van der Waals surface area contributed by atoms with E-state index in [9.17, 15) is 36.4 Å². The largest absolute Gasteiger partial charge is 0.471 e. The lowest BCUT2D eigenvalue weighted by atomic mass is 9.85. The standard InChI is InChI=1S/C38H46F4N6O9S.H2O/c1-35(2,3)28-32(50)48-19-20(17-24(48)30(49)46-37(18-21(37)29(39)40)33(51)47-58(53,54)36(4)14-15-36)56-31-27(43-22-9-5-6-10-23(22)44-31)38(41,42)13-8-16-55-25-11-7-12-26(25)57-34(52)45-28;/h5-6,8-10,13,20-21,24-26,28-29H,7,11-12,14-19H2,1-4H3,(H,45,52)(H,46,49)(H,47,51);1H2/b13-8-;/t20-,21+,24+,25-,26-,28-,37-;/m1./s1. The minimum absolute atomic E-state index is 0. The first kappa shape index (κ1) is 43.9. The molecule has 3 saturated carbocycles. The van der Waals surface area contributed by atoms with Gasteiger partial charge in [0.1, 0.15) is 29.8 Å². The molecule has 4 fully saturated rings. The van der Waals surface area contributed by atoms with E-state index in [1.165, 1.54) is 19.1 Å². The van der Waals surface area contributed by atoms with Crippen molar-refractivity contribution in [2.45, 2.75) is 126 Å². The molecule has 2 bridgehead atoms. The number of fused-ring (bicyclic) bond motifs is 5. The molecule has 2 aliphatic heterocycles. The molecule has 5 N–H and O–H groups in total. The summed E-state index contributed by atoms with van der Waals surface area (Å²) in [6.45, 7) is 5.63. The second-order valence-corrected chi connectivity index (χ2v) is 19.3. The number of hydrogen-bond donors (Lipinski definition) is 3. The Morgan fingerprint density at radius 3 is 2.32 bits per heavy atom. The smallest absolute Gasteiger partial charge is 0.408 e. The summed E-state index contributed by atoms with van der Waals surface area (Å²) in [6.07, 6.45) is -4.10. The molecule has 5 aliphatic rings. The first-order chi connectivity index (χ1) is 27.1. The fourth-order valence-corrected chi connectivity index (χ4v) is 9.04. The maximum Gasteiger partial charge on any atom is 0.408 e. The molecular formula is C38H48F4N6O10S. The van der Waals surface area contributed by atoms with Gasteiger partial charge in [0.2, 0.25) is 34.1 Å². The summed E-state index contributed by atoms with van der Waals surface area (Å²) >= 11 is 0. The quantitative estimate of drug-likeness (QED) is 0.283. The average Bonchev–Trinajstić information content (AvgIpc) is 3.97. The van der Waals surface area contributed by atoms with Gasteiger partial charge in [0, 0.05) is 6.42 Å². The van der Waals surface area contributed by atoms with Crippen molar-refractivity contribution < 1.29 is 64.8 Å². The van der Waals surface area contributed by atoms with Crippen LogP contribution in [0.15, 0.2) is 36.4 Å². The van der Waals surface area contributed by atoms with Crippen molar-refractivity contribution in [2.24, 2.45) is 11.3 Å². The first-order valence-corrected chi connectivity index (χ1v) is 20.7. The summed E-state index contributed by atoms with van der Waals surface area (Å²) in [6, 6.07) is 3.27. The molecule has 21 heteroatoms. The maximum absolute atomic E-state index is 16.1. The van der Waals surface area contributed by atoms with Gasteiger partial charge in [-0.1, -0.05) is 39.0 Å². The lowest BCUT2D eigenvalue weighted by Crippen LogP contribution is -2.60. The molecule has 4 amide bonds. The van der Waals surface area contributed by atoms with Gasteiger partial charge in [0.05, 0.1) is 41.0 Å². The van der Waals surface area contributed by atoms with E-state index in [1.807, 2.05) is 4.72 Å². The van der Waals surface area contributed by atoms with Gasteiger partial charge >= 0.3 is 12.0 Å². The molecule has 7 rings (SSSR count). The Labute approximate surface area is 337 Å². The van der Waals surface area contributed by atoms with Crippen LogP contribution in [-0.4, -0.2) is 113 Å². The number of rotatable bonds is 6. The number of hydrogen-bond acceptors (Lipinski definition) is 11. The molecule has 0 radical (unpaired) electrons. The minimum Gasteiger partial charge on any atom is -0.471 e. The molecular weight excluding hydrogens is 809 g/mol. The fraction of sp³-hybridized carbons (Fsp3) is 0.632. The van der Waals surface area contributed by atoms with Gasteiger partial charge in [-0.3, -0.25) is 19.1 Å². The Morgan fingerprint density at radius 1 is 1.03 bits per heavy atom. The molecule has 1 aromatic heterocycles. The van der Waals surface area contributed by atoms with Gasteiger partial charge in [-0.15, -0.1) is 0 Å². The van der Waals surface area contributed by atoms with Crippen LogP contribution in [0.5, 0.6) is 5.88 Å². The van der Waals surface area contributed by atoms with Gasteiger partial charge in [-0.25, -0.2) is 32.0 Å². The third kappa shape index (κ3) is 8.68.